The predicted molar refractivity (Wildman–Crippen MR) is 96.3 cm³/mol. The maximum atomic E-state index is 4.79. The van der Waals surface area contributed by atoms with Gasteiger partial charge in [0.25, 0.3) is 0 Å². The van der Waals surface area contributed by atoms with Gasteiger partial charge in [-0.3, -0.25) is 0 Å². The van der Waals surface area contributed by atoms with Gasteiger partial charge >= 0.3 is 0 Å². The van der Waals surface area contributed by atoms with Gasteiger partial charge in [0.05, 0.1) is 22.4 Å². The van der Waals surface area contributed by atoms with Crippen molar-refractivity contribution in [2.75, 3.05) is 0 Å². The molecule has 10 nitrogen and oxygen atoms in total. The summed E-state index contributed by atoms with van der Waals surface area (Å²) >= 11 is 3.05. The van der Waals surface area contributed by atoms with Crippen LogP contribution in [0.1, 0.15) is 11.4 Å². The smallest absolute Gasteiger partial charge is 0.209 e. The van der Waals surface area contributed by atoms with Crippen molar-refractivity contribution in [3.63, 3.8) is 0 Å². The van der Waals surface area contributed by atoms with Crippen LogP contribution in [0, 0.1) is 0 Å². The largest absolute Gasteiger partial charge is 0.248 e. The van der Waals surface area contributed by atoms with Crippen LogP contribution in [-0.4, -0.2) is 50.4 Å². The third kappa shape index (κ3) is 3.51. The Morgan fingerprint density at radius 3 is 1.62 bits per heavy atom. The van der Waals surface area contributed by atoms with Crippen LogP contribution in [0.4, 0.5) is 0 Å². The van der Waals surface area contributed by atoms with Crippen molar-refractivity contribution < 1.29 is 0 Å². The number of hydrogen-bond acceptors (Lipinski definition) is 10. The molecule has 12 heteroatoms. The molecule has 0 unspecified atom stereocenters. The van der Waals surface area contributed by atoms with Gasteiger partial charge in [0, 0.05) is 25.6 Å². The highest BCUT2D eigenvalue weighted by atomic mass is 32.2. The van der Waals surface area contributed by atoms with Gasteiger partial charge in [0.1, 0.15) is 0 Å². The number of fused-ring (bicyclic) bond motifs is 1. The van der Waals surface area contributed by atoms with Crippen molar-refractivity contribution in [3.8, 4) is 0 Å². The molecule has 1 aromatic carbocycles. The van der Waals surface area contributed by atoms with Crippen molar-refractivity contribution in [1.82, 2.24) is 50.4 Å². The molecule has 3 aromatic heterocycles. The number of hydrogen-bond donors (Lipinski definition) is 0. The van der Waals surface area contributed by atoms with E-state index < -0.39 is 0 Å². The van der Waals surface area contributed by atoms with Gasteiger partial charge in [0.15, 0.2) is 0 Å². The molecule has 4 aromatic rings. The molecule has 4 rings (SSSR count). The highest BCUT2D eigenvalue weighted by Crippen LogP contribution is 2.26. The number of nitrogens with zero attached hydrogens (tertiary/aromatic N) is 10. The maximum absolute atomic E-state index is 4.79. The number of benzene rings is 1. The average Bonchev–Trinajstić information content (AvgIpc) is 3.25. The molecule has 0 aliphatic carbocycles. The fourth-order valence-corrected chi connectivity index (χ4v) is 3.89. The van der Waals surface area contributed by atoms with Gasteiger partial charge in [-0.05, 0) is 33.0 Å². The molecule has 0 atom stereocenters. The average molecular weight is 386 g/mol. The van der Waals surface area contributed by atoms with Crippen molar-refractivity contribution in [2.45, 2.75) is 21.8 Å². The zero-order valence-corrected chi connectivity index (χ0v) is 15.6. The third-order valence-corrected chi connectivity index (χ3v) is 5.61. The van der Waals surface area contributed by atoms with Crippen molar-refractivity contribution in [2.24, 2.45) is 14.1 Å². The SMILES string of the molecule is Cn1nnnc1SCc1nc2ccccc2nc1CSc1nnnn1C. The Kier molecular flexibility index (Phi) is 4.75. The Bertz CT molecular complexity index is 960. The fraction of sp³-hybridized carbons (Fsp3) is 0.286. The van der Waals surface area contributed by atoms with Crippen LogP contribution >= 0.6 is 23.5 Å². The second-order valence-electron chi connectivity index (χ2n) is 5.35. The van der Waals surface area contributed by atoms with Gasteiger partial charge in [0.2, 0.25) is 10.3 Å². The standard InChI is InChI=1S/C14H14N10S2/c1-23-13(17-19-21-23)25-7-11-12(8-26-14-18-20-22-24(14)2)16-10-6-4-3-5-9(10)15-11/h3-6H,7-8H2,1-2H3. The van der Waals surface area contributed by atoms with E-state index in [1.165, 1.54) is 23.5 Å². The molecule has 0 radical (unpaired) electrons. The third-order valence-electron chi connectivity index (χ3n) is 3.56. The topological polar surface area (TPSA) is 113 Å². The molecule has 132 valence electrons. The minimum absolute atomic E-state index is 0.624. The van der Waals surface area contributed by atoms with E-state index in [1.807, 2.05) is 38.4 Å². The molecule has 0 bridgehead atoms. The van der Waals surface area contributed by atoms with E-state index in [1.54, 1.807) is 9.36 Å². The van der Waals surface area contributed by atoms with Gasteiger partial charge < -0.3 is 0 Å². The molecular formula is C14H14N10S2. The summed E-state index contributed by atoms with van der Waals surface area (Å²) in [5.74, 6) is 1.25. The van der Waals surface area contributed by atoms with Gasteiger partial charge in [-0.1, -0.05) is 35.7 Å². The molecule has 0 N–H and O–H groups in total. The Morgan fingerprint density at radius 1 is 0.769 bits per heavy atom. The van der Waals surface area contributed by atoms with Crippen molar-refractivity contribution in [3.05, 3.63) is 35.7 Å². The lowest BCUT2D eigenvalue weighted by atomic mass is 10.2. The monoisotopic (exact) mass is 386 g/mol. The van der Waals surface area contributed by atoms with Crippen LogP contribution in [0.15, 0.2) is 34.6 Å². The number of rotatable bonds is 6. The minimum atomic E-state index is 0.624. The molecule has 0 saturated heterocycles. The lowest BCUT2D eigenvalue weighted by molar-refractivity contribution is 0.664. The Labute approximate surface area is 156 Å². The summed E-state index contributed by atoms with van der Waals surface area (Å²) in [6, 6.07) is 7.84. The fourth-order valence-electron chi connectivity index (χ4n) is 2.26. The molecule has 26 heavy (non-hydrogen) atoms. The van der Waals surface area contributed by atoms with Gasteiger partial charge in [-0.15, -0.1) is 10.2 Å². The molecule has 0 aliphatic heterocycles. The highest BCUT2D eigenvalue weighted by Gasteiger charge is 2.13. The van der Waals surface area contributed by atoms with Crippen LogP contribution in [0.25, 0.3) is 11.0 Å². The van der Waals surface area contributed by atoms with E-state index in [2.05, 4.69) is 31.1 Å². The molecular weight excluding hydrogens is 372 g/mol. The number of para-hydroxylation sites is 2. The molecule has 0 fully saturated rings. The van der Waals surface area contributed by atoms with E-state index >= 15 is 0 Å². The second-order valence-corrected chi connectivity index (χ2v) is 7.24. The zero-order chi connectivity index (χ0) is 17.9. The summed E-state index contributed by atoms with van der Waals surface area (Å²) in [5.41, 5.74) is 3.54. The Morgan fingerprint density at radius 2 is 1.23 bits per heavy atom. The molecule has 3 heterocycles. The van der Waals surface area contributed by atoms with Crippen LogP contribution in [0.2, 0.25) is 0 Å². The summed E-state index contributed by atoms with van der Waals surface area (Å²) in [6.45, 7) is 0. The lowest BCUT2D eigenvalue weighted by Gasteiger charge is -2.09. The summed E-state index contributed by atoms with van der Waals surface area (Å²) in [7, 11) is 3.62. The van der Waals surface area contributed by atoms with E-state index in [9.17, 15) is 0 Å². The van der Waals surface area contributed by atoms with Crippen LogP contribution in [-0.2, 0) is 25.6 Å². The number of aryl methyl sites for hydroxylation is 2. The van der Waals surface area contributed by atoms with Gasteiger partial charge in [-0.25, -0.2) is 19.3 Å². The lowest BCUT2D eigenvalue weighted by Crippen LogP contribution is -2.02. The first-order valence-electron chi connectivity index (χ1n) is 7.65. The van der Waals surface area contributed by atoms with E-state index in [0.717, 1.165) is 32.7 Å². The van der Waals surface area contributed by atoms with E-state index in [-0.39, 0.29) is 0 Å². The quantitative estimate of drug-likeness (QED) is 0.449. The van der Waals surface area contributed by atoms with Crippen LogP contribution in [0.5, 0.6) is 0 Å². The summed E-state index contributed by atoms with van der Waals surface area (Å²) in [6.07, 6.45) is 0. The van der Waals surface area contributed by atoms with E-state index in [0.29, 0.717) is 11.5 Å². The highest BCUT2D eigenvalue weighted by molar-refractivity contribution is 7.98. The zero-order valence-electron chi connectivity index (χ0n) is 14.0. The second kappa shape index (κ2) is 7.33. The first-order chi connectivity index (χ1) is 12.7. The number of tetrazole rings is 2. The molecule has 0 aliphatic rings. The molecule has 0 spiro atoms. The first-order valence-corrected chi connectivity index (χ1v) is 9.62. The van der Waals surface area contributed by atoms with Gasteiger partial charge in [-0.2, -0.15) is 0 Å². The minimum Gasteiger partial charge on any atom is -0.248 e. The van der Waals surface area contributed by atoms with Crippen molar-refractivity contribution in [1.29, 1.82) is 0 Å². The Hall–Kier alpha value is -2.60. The van der Waals surface area contributed by atoms with Crippen LogP contribution < -0.4 is 0 Å². The number of aromatic nitrogens is 10. The van der Waals surface area contributed by atoms with Crippen LogP contribution in [0.3, 0.4) is 0 Å². The first kappa shape index (κ1) is 16.8. The molecule has 0 amide bonds. The normalized spacial score (nSPS) is 11.3. The Balaban J connectivity index is 1.62. The maximum Gasteiger partial charge on any atom is 0.209 e. The number of thioether (sulfide) groups is 2. The summed E-state index contributed by atoms with van der Waals surface area (Å²) < 4.78 is 3.28. The summed E-state index contributed by atoms with van der Waals surface area (Å²) in [5, 5.41) is 24.5. The van der Waals surface area contributed by atoms with E-state index in [4.69, 9.17) is 9.97 Å². The predicted octanol–water partition coefficient (Wildman–Crippen LogP) is 1.26. The van der Waals surface area contributed by atoms with Crippen molar-refractivity contribution >= 4 is 34.6 Å². The molecule has 0 saturated carbocycles. The summed E-state index contributed by atoms with van der Waals surface area (Å²) in [4.78, 5) is 9.59.